The van der Waals surface area contributed by atoms with Gasteiger partial charge in [0.25, 0.3) is 0 Å². The van der Waals surface area contributed by atoms with Crippen LogP contribution in [0.5, 0.6) is 5.75 Å². The summed E-state index contributed by atoms with van der Waals surface area (Å²) in [6.07, 6.45) is 1.55. The molecule has 0 aliphatic carbocycles. The molecule has 30 heavy (non-hydrogen) atoms. The minimum absolute atomic E-state index is 0. The van der Waals surface area contributed by atoms with Crippen molar-refractivity contribution >= 4 is 41.7 Å². The monoisotopic (exact) mass is 549 g/mol. The van der Waals surface area contributed by atoms with E-state index in [0.717, 1.165) is 40.5 Å². The lowest BCUT2D eigenvalue weighted by molar-refractivity contribution is -0.0172. The van der Waals surface area contributed by atoms with Crippen molar-refractivity contribution in [2.45, 2.75) is 24.3 Å². The maximum absolute atomic E-state index is 13.8. The van der Waals surface area contributed by atoms with Crippen molar-refractivity contribution < 1.29 is 18.3 Å². The fraction of sp³-hybridized carbons (Fsp3) is 0.381. The Morgan fingerprint density at radius 1 is 1.10 bits per heavy atom. The topological polar surface area (TPSA) is 54.9 Å². The van der Waals surface area contributed by atoms with Gasteiger partial charge in [-0.1, -0.05) is 0 Å². The summed E-state index contributed by atoms with van der Waals surface area (Å²) in [6.45, 7) is 1.93. The van der Waals surface area contributed by atoms with E-state index >= 15 is 0 Å². The van der Waals surface area contributed by atoms with Crippen LogP contribution in [0.25, 0.3) is 0 Å². The van der Waals surface area contributed by atoms with Crippen molar-refractivity contribution in [3.8, 4) is 5.75 Å². The fourth-order valence-corrected chi connectivity index (χ4v) is 3.83. The lowest BCUT2D eigenvalue weighted by atomic mass is 10.1. The summed E-state index contributed by atoms with van der Waals surface area (Å²) in [5.41, 5.74) is 1.56. The van der Waals surface area contributed by atoms with Crippen molar-refractivity contribution in [3.63, 3.8) is 0 Å². The van der Waals surface area contributed by atoms with Gasteiger partial charge in [0.15, 0.2) is 12.8 Å². The Morgan fingerprint density at radius 3 is 2.63 bits per heavy atom. The number of ether oxygens (including phenoxy) is 2. The second-order valence-corrected chi connectivity index (χ2v) is 7.66. The van der Waals surface area contributed by atoms with Crippen LogP contribution in [-0.2, 0) is 17.8 Å². The highest BCUT2D eigenvalue weighted by atomic mass is 127. The van der Waals surface area contributed by atoms with Crippen LogP contribution >= 0.6 is 35.7 Å². The first kappa shape index (κ1) is 24.7. The summed E-state index contributed by atoms with van der Waals surface area (Å²) < 4.78 is 37.5. The van der Waals surface area contributed by atoms with Gasteiger partial charge in [-0.25, -0.2) is 8.78 Å². The molecule has 1 aliphatic rings. The molecular formula is C21H26F2IN3O2S. The molecule has 2 aromatic rings. The third-order valence-corrected chi connectivity index (χ3v) is 5.46. The number of benzene rings is 2. The first-order chi connectivity index (χ1) is 14.2. The van der Waals surface area contributed by atoms with Crippen molar-refractivity contribution in [1.82, 2.24) is 10.6 Å². The smallest absolute Gasteiger partial charge is 0.190 e. The Hall–Kier alpha value is -1.59. The summed E-state index contributed by atoms with van der Waals surface area (Å²) >= 11 is 1.69. The number of nitrogens with zero attached hydrogens (tertiary/aromatic N) is 1. The second-order valence-electron chi connectivity index (χ2n) is 6.50. The summed E-state index contributed by atoms with van der Waals surface area (Å²) in [7, 11) is 1.72. The molecule has 0 atom stereocenters. The highest BCUT2D eigenvalue weighted by Crippen LogP contribution is 2.29. The van der Waals surface area contributed by atoms with Crippen LogP contribution in [0, 0.1) is 11.6 Å². The zero-order valence-electron chi connectivity index (χ0n) is 16.7. The summed E-state index contributed by atoms with van der Waals surface area (Å²) in [5, 5.41) is 6.51. The van der Waals surface area contributed by atoms with Crippen molar-refractivity contribution in [2.75, 3.05) is 32.7 Å². The first-order valence-corrected chi connectivity index (χ1v) is 10.5. The molecule has 0 unspecified atom stereocenters. The molecule has 2 aromatic carbocycles. The highest BCUT2D eigenvalue weighted by molar-refractivity contribution is 14.0. The number of hydrogen-bond acceptors (Lipinski definition) is 4. The number of thioether (sulfide) groups is 1. The molecule has 0 radical (unpaired) electrons. The van der Waals surface area contributed by atoms with Gasteiger partial charge in [-0.3, -0.25) is 4.99 Å². The van der Waals surface area contributed by atoms with E-state index in [2.05, 4.69) is 15.6 Å². The van der Waals surface area contributed by atoms with Gasteiger partial charge in [0, 0.05) is 30.6 Å². The molecular weight excluding hydrogens is 523 g/mol. The number of hydrogen-bond donors (Lipinski definition) is 2. The SMILES string of the molecule is CN=C(NCCCSc1ccc(F)cc1)NCCc1cc(F)cc2c1OCOC2.I. The van der Waals surface area contributed by atoms with Gasteiger partial charge in [-0.2, -0.15) is 0 Å². The third kappa shape index (κ3) is 7.59. The van der Waals surface area contributed by atoms with E-state index in [-0.39, 0.29) is 42.4 Å². The second kappa shape index (κ2) is 13.0. The minimum atomic E-state index is -0.283. The van der Waals surface area contributed by atoms with Gasteiger partial charge in [-0.15, -0.1) is 35.7 Å². The molecule has 1 heterocycles. The molecule has 0 spiro atoms. The Bertz CT molecular complexity index is 838. The van der Waals surface area contributed by atoms with Crippen LogP contribution < -0.4 is 15.4 Å². The zero-order valence-corrected chi connectivity index (χ0v) is 19.9. The van der Waals surface area contributed by atoms with E-state index in [9.17, 15) is 8.78 Å². The molecule has 9 heteroatoms. The predicted molar refractivity (Wildman–Crippen MR) is 127 cm³/mol. The fourth-order valence-electron chi connectivity index (χ4n) is 2.98. The zero-order chi connectivity index (χ0) is 20.5. The molecule has 0 bridgehead atoms. The van der Waals surface area contributed by atoms with E-state index in [1.165, 1.54) is 24.3 Å². The van der Waals surface area contributed by atoms with Crippen molar-refractivity contribution in [1.29, 1.82) is 0 Å². The summed E-state index contributed by atoms with van der Waals surface area (Å²) in [4.78, 5) is 5.27. The van der Waals surface area contributed by atoms with E-state index in [0.29, 0.717) is 25.5 Å². The van der Waals surface area contributed by atoms with Crippen LogP contribution in [0.3, 0.4) is 0 Å². The molecule has 0 amide bonds. The van der Waals surface area contributed by atoms with Crippen LogP contribution in [0.4, 0.5) is 8.78 Å². The normalized spacial score (nSPS) is 13.1. The Morgan fingerprint density at radius 2 is 1.87 bits per heavy atom. The molecule has 3 rings (SSSR count). The Labute approximate surface area is 197 Å². The van der Waals surface area contributed by atoms with E-state index in [4.69, 9.17) is 9.47 Å². The van der Waals surface area contributed by atoms with Gasteiger partial charge < -0.3 is 20.1 Å². The standard InChI is InChI=1S/C21H25F2N3O2S.HI/c1-24-21(25-8-2-10-29-19-5-3-17(22)4-6-19)26-9-7-15-11-18(23)12-16-13-27-14-28-20(15)16;/h3-6,11-12H,2,7-10,13-14H2,1H3,(H2,24,25,26);1H. The van der Waals surface area contributed by atoms with Crippen LogP contribution in [0.15, 0.2) is 46.3 Å². The number of aliphatic imine (C=N–C) groups is 1. The van der Waals surface area contributed by atoms with Gasteiger partial charge >= 0.3 is 0 Å². The average molecular weight is 549 g/mol. The Kier molecular flexibility index (Phi) is 10.7. The van der Waals surface area contributed by atoms with E-state index in [1.807, 2.05) is 0 Å². The first-order valence-electron chi connectivity index (χ1n) is 9.50. The van der Waals surface area contributed by atoms with Crippen LogP contribution in [0.1, 0.15) is 17.5 Å². The van der Waals surface area contributed by atoms with Crippen molar-refractivity contribution in [2.24, 2.45) is 4.99 Å². The van der Waals surface area contributed by atoms with E-state index in [1.54, 1.807) is 30.9 Å². The number of rotatable bonds is 8. The predicted octanol–water partition coefficient (Wildman–Crippen LogP) is 4.34. The highest BCUT2D eigenvalue weighted by Gasteiger charge is 2.16. The molecule has 0 aromatic heterocycles. The average Bonchev–Trinajstić information content (AvgIpc) is 2.73. The van der Waals surface area contributed by atoms with Gasteiger partial charge in [0.05, 0.1) is 6.61 Å². The molecule has 5 nitrogen and oxygen atoms in total. The van der Waals surface area contributed by atoms with Gasteiger partial charge in [-0.05, 0) is 60.6 Å². The number of nitrogens with one attached hydrogen (secondary N) is 2. The number of fused-ring (bicyclic) bond motifs is 1. The van der Waals surface area contributed by atoms with Crippen LogP contribution in [0.2, 0.25) is 0 Å². The molecule has 0 saturated heterocycles. The van der Waals surface area contributed by atoms with Gasteiger partial charge in [0.2, 0.25) is 0 Å². The number of guanidine groups is 1. The largest absolute Gasteiger partial charge is 0.467 e. The lowest BCUT2D eigenvalue weighted by Crippen LogP contribution is -2.38. The maximum atomic E-state index is 13.8. The van der Waals surface area contributed by atoms with Gasteiger partial charge in [0.1, 0.15) is 17.4 Å². The molecule has 1 aliphatic heterocycles. The quantitative estimate of drug-likeness (QED) is 0.169. The molecule has 2 N–H and O–H groups in total. The summed E-state index contributed by atoms with van der Waals surface area (Å²) in [6, 6.07) is 9.48. The lowest BCUT2D eigenvalue weighted by Gasteiger charge is -2.21. The third-order valence-electron chi connectivity index (χ3n) is 4.36. The molecule has 0 saturated carbocycles. The molecule has 164 valence electrons. The maximum Gasteiger partial charge on any atom is 0.190 e. The Balaban J connectivity index is 0.00000320. The summed E-state index contributed by atoms with van der Waals surface area (Å²) in [5.74, 6) is 1.84. The minimum Gasteiger partial charge on any atom is -0.467 e. The number of halogens is 3. The molecule has 0 fully saturated rings. The van der Waals surface area contributed by atoms with Crippen LogP contribution in [-0.4, -0.2) is 38.6 Å². The van der Waals surface area contributed by atoms with Crippen molar-refractivity contribution in [3.05, 3.63) is 59.2 Å². The van der Waals surface area contributed by atoms with E-state index < -0.39 is 0 Å².